The topological polar surface area (TPSA) is 84.2 Å². The Labute approximate surface area is 138 Å². The molecule has 0 aliphatic heterocycles. The average Bonchev–Trinajstić information content (AvgIpc) is 2.85. The first kappa shape index (κ1) is 17.9. The van der Waals surface area contributed by atoms with E-state index < -0.39 is 0 Å². The van der Waals surface area contributed by atoms with E-state index in [0.717, 1.165) is 17.3 Å². The second-order valence-corrected chi connectivity index (χ2v) is 5.96. The molecule has 2 atom stereocenters. The Bertz CT molecular complexity index is 495. The number of hydrogen-bond donors (Lipinski definition) is 3. The number of nitrogens with two attached hydrogens (primary N) is 1. The summed E-state index contributed by atoms with van der Waals surface area (Å²) in [5.74, 6) is -0.364. The molecule has 0 radical (unpaired) electrons. The summed E-state index contributed by atoms with van der Waals surface area (Å²) in [4.78, 5) is 23.6. The quantitative estimate of drug-likeness (QED) is 0.752. The van der Waals surface area contributed by atoms with E-state index in [9.17, 15) is 9.59 Å². The Morgan fingerprint density at radius 3 is 2.48 bits per heavy atom. The van der Waals surface area contributed by atoms with Crippen molar-refractivity contribution in [1.29, 1.82) is 0 Å². The van der Waals surface area contributed by atoms with Crippen molar-refractivity contribution in [3.05, 3.63) is 28.7 Å². The predicted octanol–water partition coefficient (Wildman–Crippen LogP) is 2.05. The number of anilines is 1. The van der Waals surface area contributed by atoms with Gasteiger partial charge in [0.05, 0.1) is 6.54 Å². The van der Waals surface area contributed by atoms with Gasteiger partial charge in [-0.3, -0.25) is 9.59 Å². The predicted molar refractivity (Wildman–Crippen MR) is 88.3 cm³/mol. The standard InChI is InChI=1S/C14H18BrN3O2.ClH/c15-10-2-5-12(6-3-10)18-13(19)8-17-14(20)9-1-4-11(16)7-9;/h2-3,5-6,9,11H,1,4,7-8,16H2,(H,17,20)(H,18,19);1H. The fourth-order valence-electron chi connectivity index (χ4n) is 2.30. The third-order valence-corrected chi connectivity index (χ3v) is 3.92. The minimum Gasteiger partial charge on any atom is -0.347 e. The van der Waals surface area contributed by atoms with Gasteiger partial charge in [0.2, 0.25) is 11.8 Å². The largest absolute Gasteiger partial charge is 0.347 e. The van der Waals surface area contributed by atoms with Crippen molar-refractivity contribution in [3.63, 3.8) is 0 Å². The van der Waals surface area contributed by atoms with E-state index in [-0.39, 0.29) is 42.7 Å². The summed E-state index contributed by atoms with van der Waals surface area (Å²) in [6, 6.07) is 7.38. The van der Waals surface area contributed by atoms with Gasteiger partial charge in [-0.15, -0.1) is 12.4 Å². The molecule has 1 aromatic rings. The van der Waals surface area contributed by atoms with Gasteiger partial charge in [0.25, 0.3) is 0 Å². The number of benzene rings is 1. The minimum absolute atomic E-state index is 0. The molecule has 1 fully saturated rings. The number of halogens is 2. The number of hydrogen-bond acceptors (Lipinski definition) is 3. The van der Waals surface area contributed by atoms with Gasteiger partial charge in [-0.25, -0.2) is 0 Å². The molecule has 2 unspecified atom stereocenters. The van der Waals surface area contributed by atoms with Crippen LogP contribution in [-0.4, -0.2) is 24.4 Å². The molecule has 1 saturated carbocycles. The first-order valence-electron chi connectivity index (χ1n) is 6.63. The molecular weight excluding hydrogens is 358 g/mol. The Kier molecular flexibility index (Phi) is 7.14. The molecule has 116 valence electrons. The van der Waals surface area contributed by atoms with Crippen LogP contribution in [0.5, 0.6) is 0 Å². The van der Waals surface area contributed by atoms with Crippen molar-refractivity contribution in [2.45, 2.75) is 25.3 Å². The molecule has 2 rings (SSSR count). The highest BCUT2D eigenvalue weighted by Gasteiger charge is 2.27. The maximum atomic E-state index is 11.8. The third-order valence-electron chi connectivity index (χ3n) is 3.40. The summed E-state index contributed by atoms with van der Waals surface area (Å²) in [6.07, 6.45) is 2.39. The zero-order valence-electron chi connectivity index (χ0n) is 11.5. The van der Waals surface area contributed by atoms with Gasteiger partial charge >= 0.3 is 0 Å². The fourth-order valence-corrected chi connectivity index (χ4v) is 2.57. The van der Waals surface area contributed by atoms with Crippen molar-refractivity contribution in [3.8, 4) is 0 Å². The SMILES string of the molecule is Cl.NC1CCC(C(=O)NCC(=O)Nc2ccc(Br)cc2)C1. The Balaban J connectivity index is 0.00000220. The molecule has 4 N–H and O–H groups in total. The summed E-state index contributed by atoms with van der Waals surface area (Å²) in [7, 11) is 0. The summed E-state index contributed by atoms with van der Waals surface area (Å²) >= 11 is 3.32. The van der Waals surface area contributed by atoms with Crippen LogP contribution in [0.15, 0.2) is 28.7 Å². The first-order valence-corrected chi connectivity index (χ1v) is 7.42. The van der Waals surface area contributed by atoms with Crippen LogP contribution in [0.25, 0.3) is 0 Å². The van der Waals surface area contributed by atoms with E-state index in [0.29, 0.717) is 12.1 Å². The minimum atomic E-state index is -0.233. The molecule has 1 aliphatic rings. The van der Waals surface area contributed by atoms with Crippen molar-refractivity contribution in [2.75, 3.05) is 11.9 Å². The van der Waals surface area contributed by atoms with E-state index in [1.54, 1.807) is 12.1 Å². The van der Waals surface area contributed by atoms with E-state index in [1.807, 2.05) is 12.1 Å². The second kappa shape index (κ2) is 8.36. The average molecular weight is 377 g/mol. The maximum absolute atomic E-state index is 11.8. The van der Waals surface area contributed by atoms with Crippen molar-refractivity contribution >= 4 is 45.8 Å². The van der Waals surface area contributed by atoms with Gasteiger partial charge < -0.3 is 16.4 Å². The molecule has 0 aromatic heterocycles. The molecule has 0 heterocycles. The van der Waals surface area contributed by atoms with Gasteiger partial charge in [0, 0.05) is 22.1 Å². The zero-order chi connectivity index (χ0) is 14.5. The highest BCUT2D eigenvalue weighted by molar-refractivity contribution is 9.10. The lowest BCUT2D eigenvalue weighted by molar-refractivity contribution is -0.127. The lowest BCUT2D eigenvalue weighted by Gasteiger charge is -2.11. The molecule has 21 heavy (non-hydrogen) atoms. The van der Waals surface area contributed by atoms with Crippen LogP contribution in [0.2, 0.25) is 0 Å². The molecule has 0 bridgehead atoms. The molecular formula is C14H19BrClN3O2. The highest BCUT2D eigenvalue weighted by Crippen LogP contribution is 2.23. The van der Waals surface area contributed by atoms with Crippen LogP contribution in [0.4, 0.5) is 5.69 Å². The van der Waals surface area contributed by atoms with Crippen LogP contribution >= 0.6 is 28.3 Å². The van der Waals surface area contributed by atoms with Crippen molar-refractivity contribution in [2.24, 2.45) is 11.7 Å². The van der Waals surface area contributed by atoms with Crippen LogP contribution in [0.3, 0.4) is 0 Å². The number of rotatable bonds is 4. The van der Waals surface area contributed by atoms with Crippen molar-refractivity contribution in [1.82, 2.24) is 5.32 Å². The normalized spacial score (nSPS) is 20.5. The van der Waals surface area contributed by atoms with E-state index in [4.69, 9.17) is 5.73 Å². The number of nitrogens with one attached hydrogen (secondary N) is 2. The van der Waals surface area contributed by atoms with Crippen LogP contribution in [-0.2, 0) is 9.59 Å². The van der Waals surface area contributed by atoms with Crippen LogP contribution in [0.1, 0.15) is 19.3 Å². The van der Waals surface area contributed by atoms with E-state index >= 15 is 0 Å². The van der Waals surface area contributed by atoms with Crippen molar-refractivity contribution < 1.29 is 9.59 Å². The Morgan fingerprint density at radius 1 is 1.24 bits per heavy atom. The Morgan fingerprint density at radius 2 is 1.90 bits per heavy atom. The zero-order valence-corrected chi connectivity index (χ0v) is 13.9. The molecule has 2 amide bonds. The van der Waals surface area contributed by atoms with Gasteiger partial charge in [-0.05, 0) is 43.5 Å². The summed E-state index contributed by atoms with van der Waals surface area (Å²) in [6.45, 7) is -0.0133. The Hall–Kier alpha value is -1.11. The summed E-state index contributed by atoms with van der Waals surface area (Å²) in [5, 5.41) is 5.39. The van der Waals surface area contributed by atoms with Gasteiger partial charge in [0.15, 0.2) is 0 Å². The lowest BCUT2D eigenvalue weighted by atomic mass is 10.1. The first-order chi connectivity index (χ1) is 9.54. The second-order valence-electron chi connectivity index (χ2n) is 5.04. The molecule has 5 nitrogen and oxygen atoms in total. The number of carbonyl (C=O) groups is 2. The molecule has 0 spiro atoms. The monoisotopic (exact) mass is 375 g/mol. The lowest BCUT2D eigenvalue weighted by Crippen LogP contribution is -2.36. The molecule has 1 aliphatic carbocycles. The van der Waals surface area contributed by atoms with Gasteiger partial charge in [0.1, 0.15) is 0 Å². The smallest absolute Gasteiger partial charge is 0.243 e. The molecule has 1 aromatic carbocycles. The van der Waals surface area contributed by atoms with Gasteiger partial charge in [-0.1, -0.05) is 15.9 Å². The number of amides is 2. The highest BCUT2D eigenvalue weighted by atomic mass is 79.9. The van der Waals surface area contributed by atoms with Crippen LogP contribution < -0.4 is 16.4 Å². The third kappa shape index (κ3) is 5.65. The van der Waals surface area contributed by atoms with Crippen LogP contribution in [0, 0.1) is 5.92 Å². The van der Waals surface area contributed by atoms with Gasteiger partial charge in [-0.2, -0.15) is 0 Å². The molecule has 7 heteroatoms. The summed E-state index contributed by atoms with van der Waals surface area (Å²) in [5.41, 5.74) is 6.47. The maximum Gasteiger partial charge on any atom is 0.243 e. The fraction of sp³-hybridized carbons (Fsp3) is 0.429. The molecule has 0 saturated heterocycles. The van der Waals surface area contributed by atoms with E-state index in [2.05, 4.69) is 26.6 Å². The number of carbonyl (C=O) groups excluding carboxylic acids is 2. The van der Waals surface area contributed by atoms with E-state index in [1.165, 1.54) is 0 Å². The summed E-state index contributed by atoms with van der Waals surface area (Å²) < 4.78 is 0.946.